The lowest BCUT2D eigenvalue weighted by molar-refractivity contribution is 0.142. The molecule has 0 saturated heterocycles. The maximum Gasteiger partial charge on any atom is 0.320 e. The van der Waals surface area contributed by atoms with E-state index in [0.29, 0.717) is 60.3 Å². The lowest BCUT2D eigenvalue weighted by atomic mass is 9.86. The second kappa shape index (κ2) is 13.4. The molecule has 50 heavy (non-hydrogen) atoms. The number of nitrogens with zero attached hydrogens (tertiary/aromatic N) is 3. The van der Waals surface area contributed by atoms with Gasteiger partial charge in [0.1, 0.15) is 5.76 Å². The Kier molecular flexibility index (Phi) is 9.03. The Morgan fingerprint density at radius 3 is 2.44 bits per heavy atom. The molecule has 3 aromatic rings. The standard InChI is InChI=1S/C39H41N3O6.C2H6/c1-22-14-23-6-8-27(15-22)46-32-18-24(7-9-31(32)43)16-29-28-21-34-33(19-25(28)10-12-41(29)4)47-37-35(45-5)20-26-11-13-42(39(44)40(2)3)30(17-23)36(26)38(37)48-34;1-2/h6-9,14,18-21,29-30,43H,10-13,15-17H2,1-5H3;1-2H3/t29-,30?;/m0./s1. The number of allylic oxidation sites excluding steroid dienone is 4. The number of fused-ring (bicyclic) bond motifs is 3. The van der Waals surface area contributed by atoms with E-state index >= 15 is 0 Å². The van der Waals surface area contributed by atoms with Gasteiger partial charge in [-0.3, -0.25) is 4.90 Å². The average Bonchev–Trinajstić information content (AvgIpc) is 3.28. The summed E-state index contributed by atoms with van der Waals surface area (Å²) in [6, 6.07) is 11.6. The number of hydrogen-bond donors (Lipinski definition) is 1. The summed E-state index contributed by atoms with van der Waals surface area (Å²) in [6.07, 6.45) is 9.66. The highest BCUT2D eigenvalue weighted by Gasteiger charge is 2.40. The van der Waals surface area contributed by atoms with Crippen LogP contribution in [0.5, 0.6) is 40.2 Å². The van der Waals surface area contributed by atoms with Crippen LogP contribution >= 0.6 is 0 Å². The SMILES string of the molecule is CC.COc1cc2c3c4c1Oc1cc5c(cc1O4)[C@H](Cc1ccc(O)c(c1)OC1=CC=C(C=C(C)C1)CC3N(C(=O)N(C)C)CC2)N(C)CC5. The normalized spacial score (nSPS) is 20.2. The summed E-state index contributed by atoms with van der Waals surface area (Å²) in [6.45, 7) is 7.54. The van der Waals surface area contributed by atoms with Crippen LogP contribution < -0.4 is 18.9 Å². The summed E-state index contributed by atoms with van der Waals surface area (Å²) < 4.78 is 26.0. The maximum atomic E-state index is 13.8. The minimum absolute atomic E-state index is 0.0562. The molecule has 262 valence electrons. The largest absolute Gasteiger partial charge is 0.504 e. The van der Waals surface area contributed by atoms with Crippen LogP contribution in [-0.4, -0.2) is 67.2 Å². The Balaban J connectivity index is 0.00000193. The number of likely N-dealkylation sites (N-methyl/N-ethyl adjacent to an activating group) is 1. The number of ether oxygens (including phenoxy) is 4. The topological polar surface area (TPSA) is 83.9 Å². The fraction of sp³-hybridized carbons (Fsp3) is 0.390. The third-order valence-electron chi connectivity index (χ3n) is 10.3. The first-order valence-electron chi connectivity index (χ1n) is 17.7. The number of urea groups is 1. The molecule has 9 nitrogen and oxygen atoms in total. The van der Waals surface area contributed by atoms with E-state index in [1.54, 1.807) is 32.2 Å². The van der Waals surface area contributed by atoms with Crippen molar-refractivity contribution < 1.29 is 28.8 Å². The summed E-state index contributed by atoms with van der Waals surface area (Å²) in [5.74, 6) is 4.38. The van der Waals surface area contributed by atoms with Gasteiger partial charge in [0.2, 0.25) is 5.75 Å². The van der Waals surface area contributed by atoms with Crippen molar-refractivity contribution in [3.8, 4) is 40.2 Å². The van der Waals surface area contributed by atoms with E-state index in [2.05, 4.69) is 49.2 Å². The first-order valence-corrected chi connectivity index (χ1v) is 17.7. The van der Waals surface area contributed by atoms with E-state index in [-0.39, 0.29) is 23.9 Å². The van der Waals surface area contributed by atoms with Crippen molar-refractivity contribution in [1.29, 1.82) is 0 Å². The van der Waals surface area contributed by atoms with Crippen molar-refractivity contribution in [3.05, 3.63) is 99.3 Å². The molecule has 0 fully saturated rings. The van der Waals surface area contributed by atoms with Crippen molar-refractivity contribution in [2.24, 2.45) is 0 Å². The zero-order chi connectivity index (χ0) is 35.3. The van der Waals surface area contributed by atoms with Crippen molar-refractivity contribution in [1.82, 2.24) is 14.7 Å². The van der Waals surface area contributed by atoms with E-state index in [1.807, 2.05) is 37.0 Å². The van der Waals surface area contributed by atoms with Gasteiger partial charge in [0.15, 0.2) is 34.5 Å². The Bertz CT molecular complexity index is 1940. The third kappa shape index (κ3) is 5.98. The molecule has 1 N–H and O–H groups in total. The Labute approximate surface area is 295 Å². The monoisotopic (exact) mass is 677 g/mol. The summed E-state index contributed by atoms with van der Waals surface area (Å²) in [4.78, 5) is 19.7. The molecule has 9 heteroatoms. The summed E-state index contributed by atoms with van der Waals surface area (Å²) in [7, 11) is 7.40. The number of rotatable bonds is 1. The molecule has 8 rings (SSSR count). The fourth-order valence-electron chi connectivity index (χ4n) is 7.84. The molecule has 0 radical (unpaired) electrons. The molecular formula is C41H47N3O6. The maximum absolute atomic E-state index is 13.8. The molecule has 7 bridgehead atoms. The molecule has 0 spiro atoms. The molecule has 2 atom stereocenters. The minimum atomic E-state index is -0.323. The van der Waals surface area contributed by atoms with Gasteiger partial charge < -0.3 is 33.9 Å². The molecule has 2 amide bonds. The van der Waals surface area contributed by atoms with E-state index in [4.69, 9.17) is 18.9 Å². The second-order valence-corrected chi connectivity index (χ2v) is 13.7. The number of carbonyl (C=O) groups is 1. The number of hydrogen-bond acceptors (Lipinski definition) is 7. The molecule has 0 aromatic heterocycles. The first kappa shape index (κ1) is 33.6. The Morgan fingerprint density at radius 2 is 1.66 bits per heavy atom. The van der Waals surface area contributed by atoms with Crippen LogP contribution in [-0.2, 0) is 19.3 Å². The van der Waals surface area contributed by atoms with Crippen molar-refractivity contribution >= 4 is 6.03 Å². The summed E-state index contributed by atoms with van der Waals surface area (Å²) in [5.41, 5.74) is 7.68. The van der Waals surface area contributed by atoms with E-state index in [0.717, 1.165) is 53.0 Å². The highest BCUT2D eigenvalue weighted by Crippen LogP contribution is 2.57. The van der Waals surface area contributed by atoms with Gasteiger partial charge in [-0.05, 0) is 104 Å². The number of phenols is 1. The Morgan fingerprint density at radius 1 is 0.900 bits per heavy atom. The van der Waals surface area contributed by atoms with Crippen LogP contribution in [0.1, 0.15) is 73.5 Å². The van der Waals surface area contributed by atoms with Crippen LogP contribution in [0.3, 0.4) is 0 Å². The molecule has 1 aliphatic carbocycles. The minimum Gasteiger partial charge on any atom is -0.504 e. The average molecular weight is 678 g/mol. The quantitative estimate of drug-likeness (QED) is 0.216. The Hall–Kier alpha value is -4.89. The van der Waals surface area contributed by atoms with Crippen LogP contribution in [0, 0.1) is 0 Å². The molecule has 0 saturated carbocycles. The molecule has 3 aromatic carbocycles. The number of methoxy groups -OCH3 is 1. The smallest absolute Gasteiger partial charge is 0.320 e. The van der Waals surface area contributed by atoms with Gasteiger partial charge in [-0.25, -0.2) is 4.79 Å². The highest BCUT2D eigenvalue weighted by molar-refractivity contribution is 5.76. The van der Waals surface area contributed by atoms with Crippen molar-refractivity contribution in [2.75, 3.05) is 41.3 Å². The predicted octanol–water partition coefficient (Wildman–Crippen LogP) is 8.62. The number of phenolic OH excluding ortho intramolecular Hbond substituents is 1. The van der Waals surface area contributed by atoms with Crippen LogP contribution in [0.2, 0.25) is 0 Å². The number of benzene rings is 3. The second-order valence-electron chi connectivity index (χ2n) is 13.7. The van der Waals surface area contributed by atoms with Crippen LogP contribution in [0.15, 0.2) is 71.5 Å². The van der Waals surface area contributed by atoms with Crippen LogP contribution in [0.4, 0.5) is 4.79 Å². The van der Waals surface area contributed by atoms with Gasteiger partial charge >= 0.3 is 6.03 Å². The van der Waals surface area contributed by atoms with Gasteiger partial charge in [-0.2, -0.15) is 0 Å². The van der Waals surface area contributed by atoms with Crippen molar-refractivity contribution in [2.45, 2.75) is 65.0 Å². The lowest BCUT2D eigenvalue weighted by Gasteiger charge is -2.41. The fourth-order valence-corrected chi connectivity index (χ4v) is 7.84. The molecule has 5 aliphatic rings. The number of amides is 2. The van der Waals surface area contributed by atoms with Crippen molar-refractivity contribution in [3.63, 3.8) is 0 Å². The molecular weight excluding hydrogens is 630 g/mol. The van der Waals surface area contributed by atoms with E-state index in [1.165, 1.54) is 11.1 Å². The molecule has 4 heterocycles. The molecule has 4 aliphatic heterocycles. The first-order chi connectivity index (χ1) is 24.2. The van der Waals surface area contributed by atoms with Gasteiger partial charge in [0.25, 0.3) is 0 Å². The predicted molar refractivity (Wildman–Crippen MR) is 194 cm³/mol. The number of carbonyl (C=O) groups excluding carboxylic acids is 1. The number of aromatic hydroxyl groups is 1. The van der Waals surface area contributed by atoms with Gasteiger partial charge in [0, 0.05) is 45.2 Å². The van der Waals surface area contributed by atoms with E-state index < -0.39 is 0 Å². The van der Waals surface area contributed by atoms with E-state index in [9.17, 15) is 9.90 Å². The molecule has 1 unspecified atom stereocenters. The summed E-state index contributed by atoms with van der Waals surface area (Å²) >= 11 is 0. The lowest BCUT2D eigenvalue weighted by Crippen LogP contribution is -2.45. The van der Waals surface area contributed by atoms with Gasteiger partial charge in [0.05, 0.1) is 13.2 Å². The summed E-state index contributed by atoms with van der Waals surface area (Å²) in [5, 5.41) is 10.8. The van der Waals surface area contributed by atoms with Crippen LogP contribution in [0.25, 0.3) is 0 Å². The third-order valence-corrected chi connectivity index (χ3v) is 10.3. The zero-order valence-electron chi connectivity index (χ0n) is 30.1. The van der Waals surface area contributed by atoms with Gasteiger partial charge in [-0.15, -0.1) is 0 Å². The van der Waals surface area contributed by atoms with Gasteiger partial charge in [-0.1, -0.05) is 37.6 Å². The highest BCUT2D eigenvalue weighted by atomic mass is 16.6. The zero-order valence-corrected chi connectivity index (χ0v) is 30.1.